The zero-order valence-corrected chi connectivity index (χ0v) is 12.3. The summed E-state index contributed by atoms with van der Waals surface area (Å²) in [6, 6.07) is 3.58. The molecule has 1 N–H and O–H groups in total. The summed E-state index contributed by atoms with van der Waals surface area (Å²) in [5.74, 6) is -2.29. The average Bonchev–Trinajstić information content (AvgIpc) is 2.43. The smallest absolute Gasteiger partial charge is 0.308 e. The van der Waals surface area contributed by atoms with E-state index in [1.165, 1.54) is 24.0 Å². The molecule has 0 fully saturated rings. The van der Waals surface area contributed by atoms with E-state index in [9.17, 15) is 19.7 Å². The molecule has 8 heteroatoms. The molecule has 0 heterocycles. The quantitative estimate of drug-likeness (QED) is 0.642. The molecule has 0 aliphatic heterocycles. The molecule has 114 valence electrons. The van der Waals surface area contributed by atoms with Gasteiger partial charge in [-0.3, -0.25) is 19.7 Å². The molecule has 0 aliphatic rings. The predicted molar refractivity (Wildman–Crippen MR) is 76.5 cm³/mol. The second kappa shape index (κ2) is 7.03. The van der Waals surface area contributed by atoms with E-state index < -0.39 is 22.7 Å². The third-order valence-electron chi connectivity index (χ3n) is 2.98. The number of nitro benzene ring substituents is 1. The van der Waals surface area contributed by atoms with Crippen molar-refractivity contribution in [2.45, 2.75) is 13.8 Å². The summed E-state index contributed by atoms with van der Waals surface area (Å²) in [6.07, 6.45) is 0. The Morgan fingerprint density at radius 2 is 2.10 bits per heavy atom. The molecule has 7 nitrogen and oxygen atoms in total. The summed E-state index contributed by atoms with van der Waals surface area (Å²) in [5.41, 5.74) is -0.254. The number of carboxylic acid groups (broad SMARTS) is 1. The first-order valence-electron chi connectivity index (χ1n) is 6.24. The number of aliphatic carboxylic acids is 1. The van der Waals surface area contributed by atoms with Gasteiger partial charge in [0.25, 0.3) is 11.6 Å². The van der Waals surface area contributed by atoms with Crippen LogP contribution in [0.15, 0.2) is 18.2 Å². The van der Waals surface area contributed by atoms with E-state index in [0.717, 1.165) is 6.07 Å². The maximum absolute atomic E-state index is 12.4. The Balaban J connectivity index is 3.07. The highest BCUT2D eigenvalue weighted by atomic mass is 35.5. The molecule has 0 aromatic heterocycles. The summed E-state index contributed by atoms with van der Waals surface area (Å²) in [6.45, 7) is 3.45. The van der Waals surface area contributed by atoms with Crippen molar-refractivity contribution in [3.8, 4) is 0 Å². The second-order valence-electron chi connectivity index (χ2n) is 4.50. The number of halogens is 1. The Kier molecular flexibility index (Phi) is 5.66. The number of nitro groups is 1. The Labute approximate surface area is 126 Å². The van der Waals surface area contributed by atoms with Gasteiger partial charge in [0.2, 0.25) is 0 Å². The van der Waals surface area contributed by atoms with E-state index in [2.05, 4.69) is 0 Å². The summed E-state index contributed by atoms with van der Waals surface area (Å²) < 4.78 is 0. The minimum absolute atomic E-state index is 0.00366. The molecule has 1 amide bonds. The molecule has 1 aromatic rings. The zero-order valence-electron chi connectivity index (χ0n) is 11.6. The molecule has 0 saturated carbocycles. The van der Waals surface area contributed by atoms with Gasteiger partial charge >= 0.3 is 5.97 Å². The Morgan fingerprint density at radius 1 is 1.48 bits per heavy atom. The molecule has 0 aliphatic carbocycles. The van der Waals surface area contributed by atoms with Crippen LogP contribution in [0, 0.1) is 16.0 Å². The summed E-state index contributed by atoms with van der Waals surface area (Å²) in [4.78, 5) is 34.6. The Bertz CT molecular complexity index is 576. The maximum Gasteiger partial charge on any atom is 0.308 e. The van der Waals surface area contributed by atoms with Crippen molar-refractivity contribution in [3.63, 3.8) is 0 Å². The Morgan fingerprint density at radius 3 is 2.57 bits per heavy atom. The molecular formula is C13H15ClN2O5. The molecule has 1 unspecified atom stereocenters. The molecule has 1 atom stereocenters. The van der Waals surface area contributed by atoms with Crippen LogP contribution in [-0.4, -0.2) is 39.9 Å². The summed E-state index contributed by atoms with van der Waals surface area (Å²) in [5, 5.41) is 19.7. The minimum atomic E-state index is -1.02. The van der Waals surface area contributed by atoms with Gasteiger partial charge in [0.1, 0.15) is 0 Å². The van der Waals surface area contributed by atoms with Gasteiger partial charge in [-0.15, -0.1) is 0 Å². The number of amides is 1. The molecule has 0 radical (unpaired) electrons. The van der Waals surface area contributed by atoms with Crippen LogP contribution in [0.2, 0.25) is 5.02 Å². The standard InChI is InChI=1S/C13H15ClN2O5/c1-3-15(7-8(2)13(18)19)12(17)10-6-9(16(20)21)4-5-11(10)14/h4-6,8H,3,7H2,1-2H3,(H,18,19). The Hall–Kier alpha value is -2.15. The van der Waals surface area contributed by atoms with Crippen LogP contribution in [0.3, 0.4) is 0 Å². The number of hydrogen-bond acceptors (Lipinski definition) is 4. The van der Waals surface area contributed by atoms with Gasteiger partial charge in [-0.25, -0.2) is 0 Å². The van der Waals surface area contributed by atoms with Crippen molar-refractivity contribution in [3.05, 3.63) is 38.9 Å². The van der Waals surface area contributed by atoms with E-state index in [-0.39, 0.29) is 29.4 Å². The van der Waals surface area contributed by atoms with Crippen molar-refractivity contribution in [1.82, 2.24) is 4.90 Å². The van der Waals surface area contributed by atoms with Crippen LogP contribution in [0.25, 0.3) is 0 Å². The number of carbonyl (C=O) groups is 2. The van der Waals surface area contributed by atoms with Crippen molar-refractivity contribution < 1.29 is 19.6 Å². The van der Waals surface area contributed by atoms with E-state index in [1.807, 2.05) is 0 Å². The van der Waals surface area contributed by atoms with E-state index >= 15 is 0 Å². The lowest BCUT2D eigenvalue weighted by molar-refractivity contribution is -0.384. The molecular weight excluding hydrogens is 300 g/mol. The highest BCUT2D eigenvalue weighted by Crippen LogP contribution is 2.23. The van der Waals surface area contributed by atoms with Gasteiger partial charge in [0.05, 0.1) is 21.4 Å². The van der Waals surface area contributed by atoms with Gasteiger partial charge in [-0.05, 0) is 13.0 Å². The van der Waals surface area contributed by atoms with Crippen molar-refractivity contribution in [1.29, 1.82) is 0 Å². The predicted octanol–water partition coefficient (Wildman–Crippen LogP) is 2.43. The lowest BCUT2D eigenvalue weighted by Crippen LogP contribution is -2.36. The lowest BCUT2D eigenvalue weighted by atomic mass is 10.1. The number of benzene rings is 1. The van der Waals surface area contributed by atoms with Crippen LogP contribution >= 0.6 is 11.6 Å². The lowest BCUT2D eigenvalue weighted by Gasteiger charge is -2.23. The fraction of sp³-hybridized carbons (Fsp3) is 0.385. The van der Waals surface area contributed by atoms with Crippen LogP contribution < -0.4 is 0 Å². The number of nitrogens with zero attached hydrogens (tertiary/aromatic N) is 2. The van der Waals surface area contributed by atoms with E-state index in [1.54, 1.807) is 6.92 Å². The molecule has 0 saturated heterocycles. The SMILES string of the molecule is CCN(CC(C)C(=O)O)C(=O)c1cc([N+](=O)[O-])ccc1Cl. The molecule has 1 rings (SSSR count). The monoisotopic (exact) mass is 314 g/mol. The zero-order chi connectivity index (χ0) is 16.2. The highest BCUT2D eigenvalue weighted by molar-refractivity contribution is 6.33. The van der Waals surface area contributed by atoms with Crippen LogP contribution in [-0.2, 0) is 4.79 Å². The van der Waals surface area contributed by atoms with Gasteiger partial charge < -0.3 is 10.0 Å². The third kappa shape index (κ3) is 4.16. The van der Waals surface area contributed by atoms with Gasteiger partial charge in [0.15, 0.2) is 0 Å². The van der Waals surface area contributed by atoms with Crippen LogP contribution in [0.1, 0.15) is 24.2 Å². The van der Waals surface area contributed by atoms with Gasteiger partial charge in [0, 0.05) is 25.2 Å². The first-order valence-corrected chi connectivity index (χ1v) is 6.61. The van der Waals surface area contributed by atoms with Crippen molar-refractivity contribution >= 4 is 29.2 Å². The average molecular weight is 315 g/mol. The van der Waals surface area contributed by atoms with Gasteiger partial charge in [-0.2, -0.15) is 0 Å². The minimum Gasteiger partial charge on any atom is -0.481 e. The van der Waals surface area contributed by atoms with Crippen molar-refractivity contribution in [2.24, 2.45) is 5.92 Å². The summed E-state index contributed by atoms with van der Waals surface area (Å²) >= 11 is 5.91. The third-order valence-corrected chi connectivity index (χ3v) is 3.31. The molecule has 21 heavy (non-hydrogen) atoms. The number of hydrogen-bond donors (Lipinski definition) is 1. The highest BCUT2D eigenvalue weighted by Gasteiger charge is 2.23. The number of rotatable bonds is 6. The first-order chi connectivity index (χ1) is 9.77. The normalized spacial score (nSPS) is 11.8. The maximum atomic E-state index is 12.4. The second-order valence-corrected chi connectivity index (χ2v) is 4.91. The summed E-state index contributed by atoms with van der Waals surface area (Å²) in [7, 11) is 0. The topological polar surface area (TPSA) is 101 Å². The van der Waals surface area contributed by atoms with E-state index in [0.29, 0.717) is 0 Å². The van der Waals surface area contributed by atoms with E-state index in [4.69, 9.17) is 16.7 Å². The fourth-order valence-corrected chi connectivity index (χ4v) is 1.92. The van der Waals surface area contributed by atoms with Crippen LogP contribution in [0.4, 0.5) is 5.69 Å². The van der Waals surface area contributed by atoms with Crippen molar-refractivity contribution in [2.75, 3.05) is 13.1 Å². The first kappa shape index (κ1) is 16.9. The number of non-ortho nitro benzene ring substituents is 1. The molecule has 0 bridgehead atoms. The molecule has 1 aromatic carbocycles. The number of carboxylic acids is 1. The molecule has 0 spiro atoms. The fourth-order valence-electron chi connectivity index (χ4n) is 1.73. The van der Waals surface area contributed by atoms with Gasteiger partial charge in [-0.1, -0.05) is 18.5 Å². The number of carbonyl (C=O) groups excluding carboxylic acids is 1. The van der Waals surface area contributed by atoms with Crippen LogP contribution in [0.5, 0.6) is 0 Å². The largest absolute Gasteiger partial charge is 0.481 e.